The monoisotopic (exact) mass is 348 g/mol. The Bertz CT molecular complexity index is 789. The van der Waals surface area contributed by atoms with Crippen LogP contribution < -0.4 is 4.74 Å². The van der Waals surface area contributed by atoms with Crippen LogP contribution in [-0.2, 0) is 6.54 Å². The molecule has 2 heterocycles. The smallest absolute Gasteiger partial charge is 0.276 e. The van der Waals surface area contributed by atoms with Crippen LogP contribution in [0.25, 0.3) is 0 Å². The molecule has 11 heteroatoms. The third-order valence-corrected chi connectivity index (χ3v) is 3.62. The Kier molecular flexibility index (Phi) is 5.01. The van der Waals surface area contributed by atoms with Gasteiger partial charge in [0.15, 0.2) is 0 Å². The van der Waals surface area contributed by atoms with Crippen LogP contribution in [0.4, 0.5) is 5.69 Å². The Morgan fingerprint density at radius 1 is 1.29 bits per heavy atom. The van der Waals surface area contributed by atoms with Gasteiger partial charge in [0.2, 0.25) is 5.89 Å². The molecule has 0 unspecified atom stereocenters. The maximum atomic E-state index is 10.6. The molecular weight excluding hydrogens is 336 g/mol. The van der Waals surface area contributed by atoms with Gasteiger partial charge in [-0.15, -0.1) is 10.2 Å². The summed E-state index contributed by atoms with van der Waals surface area (Å²) in [6, 6.07) is 5.92. The number of thioether (sulfide) groups is 1. The highest BCUT2D eigenvalue weighted by Crippen LogP contribution is 2.19. The standard InChI is InChI=1S/C13H12N6O4S/c20-19(21)10-1-3-11(4-2-10)22-5-6-24-13-17-16-12(23-13)7-18-9-14-8-15-18/h1-4,8-9H,5-7H2. The molecule has 0 spiro atoms. The Balaban J connectivity index is 1.42. The first kappa shape index (κ1) is 15.9. The van der Waals surface area contributed by atoms with Gasteiger partial charge in [-0.25, -0.2) is 9.67 Å². The van der Waals surface area contributed by atoms with Crippen molar-refractivity contribution in [3.05, 3.63) is 52.9 Å². The van der Waals surface area contributed by atoms with E-state index in [0.29, 0.717) is 35.8 Å². The Labute approximate surface area is 140 Å². The van der Waals surface area contributed by atoms with Gasteiger partial charge in [-0.3, -0.25) is 10.1 Å². The van der Waals surface area contributed by atoms with Gasteiger partial charge >= 0.3 is 0 Å². The van der Waals surface area contributed by atoms with E-state index < -0.39 is 4.92 Å². The van der Waals surface area contributed by atoms with Gasteiger partial charge in [0, 0.05) is 17.9 Å². The summed E-state index contributed by atoms with van der Waals surface area (Å²) in [6.45, 7) is 0.774. The molecular formula is C13H12N6O4S. The fourth-order valence-electron chi connectivity index (χ4n) is 1.77. The van der Waals surface area contributed by atoms with E-state index in [9.17, 15) is 10.1 Å². The Morgan fingerprint density at radius 3 is 2.83 bits per heavy atom. The van der Waals surface area contributed by atoms with Crippen LogP contribution in [0.3, 0.4) is 0 Å². The van der Waals surface area contributed by atoms with Crippen molar-refractivity contribution in [2.45, 2.75) is 11.8 Å². The molecule has 0 bridgehead atoms. The van der Waals surface area contributed by atoms with Crippen molar-refractivity contribution in [2.75, 3.05) is 12.4 Å². The van der Waals surface area contributed by atoms with Crippen LogP contribution >= 0.6 is 11.8 Å². The second-order valence-electron chi connectivity index (χ2n) is 4.50. The van der Waals surface area contributed by atoms with Crippen molar-refractivity contribution < 1.29 is 14.1 Å². The topological polar surface area (TPSA) is 122 Å². The SMILES string of the molecule is O=[N+]([O-])c1ccc(OCCSc2nnc(Cn3cncn3)o2)cc1. The molecule has 3 aromatic rings. The lowest BCUT2D eigenvalue weighted by atomic mass is 10.3. The van der Waals surface area contributed by atoms with E-state index in [1.807, 2.05) is 0 Å². The zero-order valence-electron chi connectivity index (χ0n) is 12.3. The largest absolute Gasteiger partial charge is 0.493 e. The third-order valence-electron chi connectivity index (χ3n) is 2.84. The van der Waals surface area contributed by atoms with E-state index in [4.69, 9.17) is 9.15 Å². The number of nitro groups is 1. The molecule has 0 fully saturated rings. The second-order valence-corrected chi connectivity index (χ2v) is 5.55. The summed E-state index contributed by atoms with van der Waals surface area (Å²) in [5.74, 6) is 1.61. The van der Waals surface area contributed by atoms with Gasteiger partial charge in [-0.05, 0) is 12.1 Å². The molecule has 3 rings (SSSR count). The lowest BCUT2D eigenvalue weighted by Gasteiger charge is -2.04. The van der Waals surface area contributed by atoms with Gasteiger partial charge < -0.3 is 9.15 Å². The average Bonchev–Trinajstić information content (AvgIpc) is 3.24. The molecule has 0 aliphatic rings. The van der Waals surface area contributed by atoms with Crippen molar-refractivity contribution in [2.24, 2.45) is 0 Å². The summed E-state index contributed by atoms with van der Waals surface area (Å²) >= 11 is 1.36. The molecule has 2 aromatic heterocycles. The maximum absolute atomic E-state index is 10.6. The first-order valence-corrected chi connectivity index (χ1v) is 7.84. The van der Waals surface area contributed by atoms with Gasteiger partial charge in [-0.1, -0.05) is 11.8 Å². The maximum Gasteiger partial charge on any atom is 0.276 e. The lowest BCUT2D eigenvalue weighted by Crippen LogP contribution is -2.00. The number of hydrogen-bond donors (Lipinski definition) is 0. The molecule has 0 atom stereocenters. The minimum atomic E-state index is -0.452. The summed E-state index contributed by atoms with van der Waals surface area (Å²) in [4.78, 5) is 13.9. The molecule has 24 heavy (non-hydrogen) atoms. The summed E-state index contributed by atoms with van der Waals surface area (Å²) in [6.07, 6.45) is 3.00. The third kappa shape index (κ3) is 4.29. The van der Waals surface area contributed by atoms with Crippen LogP contribution in [0, 0.1) is 10.1 Å². The van der Waals surface area contributed by atoms with Crippen molar-refractivity contribution in [3.8, 4) is 5.75 Å². The normalized spacial score (nSPS) is 10.7. The molecule has 0 aliphatic heterocycles. The van der Waals surface area contributed by atoms with Crippen LogP contribution in [0.15, 0.2) is 46.6 Å². The number of nitrogens with zero attached hydrogens (tertiary/aromatic N) is 6. The number of rotatable bonds is 8. The summed E-state index contributed by atoms with van der Waals surface area (Å²) < 4.78 is 12.6. The number of nitro benzene ring substituents is 1. The average molecular weight is 348 g/mol. The zero-order valence-corrected chi connectivity index (χ0v) is 13.1. The van der Waals surface area contributed by atoms with E-state index in [0.717, 1.165) is 0 Å². The molecule has 0 saturated heterocycles. The van der Waals surface area contributed by atoms with Gasteiger partial charge in [0.1, 0.15) is 24.9 Å². The van der Waals surface area contributed by atoms with Crippen LogP contribution in [-0.4, -0.2) is 42.2 Å². The van der Waals surface area contributed by atoms with E-state index in [1.54, 1.807) is 23.1 Å². The lowest BCUT2D eigenvalue weighted by molar-refractivity contribution is -0.384. The van der Waals surface area contributed by atoms with Crippen LogP contribution in [0.5, 0.6) is 5.75 Å². The van der Waals surface area contributed by atoms with Gasteiger partial charge in [-0.2, -0.15) is 5.10 Å². The van der Waals surface area contributed by atoms with Crippen molar-refractivity contribution in [1.82, 2.24) is 25.0 Å². The molecule has 0 N–H and O–H groups in total. The molecule has 0 saturated carbocycles. The van der Waals surface area contributed by atoms with Crippen molar-refractivity contribution in [1.29, 1.82) is 0 Å². The first-order chi connectivity index (χ1) is 11.7. The Morgan fingerprint density at radius 2 is 2.12 bits per heavy atom. The van der Waals surface area contributed by atoms with Crippen LogP contribution in [0.2, 0.25) is 0 Å². The Hall–Kier alpha value is -2.95. The summed E-state index contributed by atoms with van der Waals surface area (Å²) in [5.41, 5.74) is 0.0301. The van der Waals surface area contributed by atoms with Gasteiger partial charge in [0.25, 0.3) is 10.9 Å². The highest BCUT2D eigenvalue weighted by molar-refractivity contribution is 7.99. The molecule has 0 amide bonds. The quantitative estimate of drug-likeness (QED) is 0.259. The van der Waals surface area contributed by atoms with E-state index in [2.05, 4.69) is 20.3 Å². The fourth-order valence-corrected chi connectivity index (χ4v) is 2.36. The van der Waals surface area contributed by atoms with E-state index >= 15 is 0 Å². The number of ether oxygens (including phenoxy) is 1. The van der Waals surface area contributed by atoms with Crippen molar-refractivity contribution in [3.63, 3.8) is 0 Å². The molecule has 0 aliphatic carbocycles. The first-order valence-electron chi connectivity index (χ1n) is 6.85. The zero-order chi connectivity index (χ0) is 16.8. The predicted molar refractivity (Wildman–Crippen MR) is 82.7 cm³/mol. The summed E-state index contributed by atoms with van der Waals surface area (Å²) in [5, 5.41) is 22.8. The number of non-ortho nitro benzene ring substituents is 1. The van der Waals surface area contributed by atoms with E-state index in [-0.39, 0.29) is 5.69 Å². The van der Waals surface area contributed by atoms with E-state index in [1.165, 1.54) is 30.2 Å². The number of benzene rings is 1. The fraction of sp³-hybridized carbons (Fsp3) is 0.231. The number of aromatic nitrogens is 5. The highest BCUT2D eigenvalue weighted by atomic mass is 32.2. The second kappa shape index (κ2) is 7.55. The van der Waals surface area contributed by atoms with Gasteiger partial charge in [0.05, 0.1) is 11.5 Å². The number of hydrogen-bond acceptors (Lipinski definition) is 9. The van der Waals surface area contributed by atoms with Crippen molar-refractivity contribution >= 4 is 17.4 Å². The molecule has 1 aromatic carbocycles. The minimum absolute atomic E-state index is 0.0301. The minimum Gasteiger partial charge on any atom is -0.493 e. The molecule has 124 valence electrons. The van der Waals surface area contributed by atoms with Crippen LogP contribution in [0.1, 0.15) is 5.89 Å². The highest BCUT2D eigenvalue weighted by Gasteiger charge is 2.08. The molecule has 0 radical (unpaired) electrons. The summed E-state index contributed by atoms with van der Waals surface area (Å²) in [7, 11) is 0. The molecule has 10 nitrogen and oxygen atoms in total. The predicted octanol–water partition coefficient (Wildman–Crippen LogP) is 1.79.